The molecule has 1 aromatic rings. The van der Waals surface area contributed by atoms with Gasteiger partial charge in [0, 0.05) is 0 Å². The van der Waals surface area contributed by atoms with Crippen molar-refractivity contribution < 1.29 is 136 Å². The summed E-state index contributed by atoms with van der Waals surface area (Å²) in [6, 6.07) is 8.00. The largest absolute Gasteiger partial charge is 1.00 e. The molecule has 0 spiro atoms. The van der Waals surface area contributed by atoms with Crippen LogP contribution in [0.1, 0.15) is 4.28 Å². The van der Waals surface area contributed by atoms with Gasteiger partial charge < -0.3 is 4.28 Å². The molecule has 0 radical (unpaired) electrons. The van der Waals surface area contributed by atoms with Gasteiger partial charge in [0.2, 0.25) is 0 Å². The van der Waals surface area contributed by atoms with Gasteiger partial charge in [-0.2, -0.15) is 25.3 Å². The fraction of sp³-hybridized carbons (Fsp3) is 0.200. The molecule has 0 bridgehead atoms. The first-order valence-corrected chi connectivity index (χ1v) is 11.5. The summed E-state index contributed by atoms with van der Waals surface area (Å²) in [5, 5.41) is 0. The molecule has 0 aliphatic heterocycles. The molecule has 0 atom stereocenters. The number of hydrogen-bond donors (Lipinski definition) is 2. The molecule has 0 aromatic heterocycles. The Labute approximate surface area is 255 Å². The fourth-order valence-electron chi connectivity index (χ4n) is 1.08. The number of rotatable bonds is 9. The van der Waals surface area contributed by atoms with Crippen molar-refractivity contribution in [1.82, 2.24) is 0 Å². The summed E-state index contributed by atoms with van der Waals surface area (Å²) in [7, 11) is -11.6. The van der Waals surface area contributed by atoms with Gasteiger partial charge >= 0.3 is 99.1 Å². The molecule has 0 unspecified atom stereocenters. The van der Waals surface area contributed by atoms with Gasteiger partial charge in [-0.1, -0.05) is 36.4 Å². The number of benzene rings is 1. The summed E-state index contributed by atoms with van der Waals surface area (Å²) < 4.78 is 85.6. The predicted octanol–water partition coefficient (Wildman–Crippen LogP) is -7.02. The minimum absolute atomic E-state index is 0. The van der Waals surface area contributed by atoms with Gasteiger partial charge in [0.25, 0.3) is 20.2 Å². The van der Waals surface area contributed by atoms with Gasteiger partial charge in [0.05, 0.1) is 23.9 Å². The van der Waals surface area contributed by atoms with Gasteiger partial charge in [-0.15, -0.1) is 19.7 Å². The van der Waals surface area contributed by atoms with Crippen LogP contribution in [-0.4, -0.2) is 53.3 Å². The van der Waals surface area contributed by atoms with Gasteiger partial charge in [-0.05, 0) is 12.1 Å². The van der Waals surface area contributed by atoms with Crippen LogP contribution in [0.4, 0.5) is 0 Å². The number of hydrogen-bond acceptors (Lipinski definition) is 8. The molecule has 2 N–H and O–H groups in total. The molecule has 1 aromatic carbocycles. The average Bonchev–Trinajstić information content (AvgIpc) is 2.58. The molecule has 0 fully saturated rings. The Kier molecular flexibility index (Phi) is 31.2. The van der Waals surface area contributed by atoms with Crippen LogP contribution in [0.25, 0.3) is 0 Å². The van der Waals surface area contributed by atoms with Crippen molar-refractivity contribution in [3.05, 3.63) is 68.3 Å². The van der Waals surface area contributed by atoms with E-state index in [2.05, 4.69) is 28.1 Å². The van der Waals surface area contributed by atoms with Gasteiger partial charge in [0.1, 0.15) is 0 Å². The van der Waals surface area contributed by atoms with Crippen LogP contribution in [-0.2, 0) is 39.0 Å². The van der Waals surface area contributed by atoms with Crippen molar-refractivity contribution in [3.8, 4) is 0 Å². The van der Waals surface area contributed by atoms with Crippen LogP contribution in [0.5, 0.6) is 0 Å². The van der Waals surface area contributed by atoms with Gasteiger partial charge in [-0.25, -0.2) is 4.18 Å². The molecule has 0 aliphatic carbocycles. The quantitative estimate of drug-likeness (QED) is 0.136. The van der Waals surface area contributed by atoms with Crippen LogP contribution < -0.4 is 88.7 Å². The molecule has 0 saturated carbocycles. The summed E-state index contributed by atoms with van der Waals surface area (Å²) in [5.74, 6) is -0.368. The monoisotopic (exact) mass is 530 g/mol. The molecular formula is C15H25Na3O10S3. The SMILES string of the molecule is C=CCOS(=O)(=O)O.C=CCOS(=O)(=O)c1ccccc1.C=CCS(=O)(=O)O.[H-].[H-].[H-].[Na+].[Na+].[Na+]. The van der Waals surface area contributed by atoms with E-state index in [0.29, 0.717) is 0 Å². The van der Waals surface area contributed by atoms with E-state index in [-0.39, 0.29) is 117 Å². The van der Waals surface area contributed by atoms with Crippen molar-refractivity contribution in [2.45, 2.75) is 4.90 Å². The summed E-state index contributed by atoms with van der Waals surface area (Å²) >= 11 is 0. The van der Waals surface area contributed by atoms with E-state index in [9.17, 15) is 25.3 Å². The molecular weight excluding hydrogens is 505 g/mol. The standard InChI is InChI=1S/C9H10O3S.C3H6O4S.C3H6O3S.3Na.3H/c1-2-8-12-13(10,11)9-6-4-3-5-7-9;1-2-3-7-8(4,5)6;1-2-3-7(4,5)6;;;;;;/h2-7H,1,8H2;2H,1,3H2,(H,4,5,6);2H,1,3H2,(H,4,5,6);;;;;;/q;;;3*+1;3*-1. The van der Waals surface area contributed by atoms with Crippen LogP contribution in [0.3, 0.4) is 0 Å². The maximum Gasteiger partial charge on any atom is 1.00 e. The summed E-state index contributed by atoms with van der Waals surface area (Å²) in [4.78, 5) is 0.164. The molecule has 31 heavy (non-hydrogen) atoms. The average molecular weight is 531 g/mol. The van der Waals surface area contributed by atoms with E-state index < -0.39 is 30.6 Å². The molecule has 0 aliphatic rings. The van der Waals surface area contributed by atoms with Gasteiger partial charge in [0.15, 0.2) is 0 Å². The topological polar surface area (TPSA) is 161 Å². The molecule has 166 valence electrons. The smallest absolute Gasteiger partial charge is 1.00 e. The summed E-state index contributed by atoms with van der Waals surface area (Å²) in [5.41, 5.74) is 0. The van der Waals surface area contributed by atoms with E-state index in [1.165, 1.54) is 24.3 Å². The minimum Gasteiger partial charge on any atom is -1.00 e. The minimum atomic E-state index is -4.26. The zero-order valence-corrected chi connectivity index (χ0v) is 26.2. The zero-order chi connectivity index (χ0) is 22.3. The van der Waals surface area contributed by atoms with Crippen molar-refractivity contribution >= 4 is 30.6 Å². The first kappa shape index (κ1) is 42.3. The van der Waals surface area contributed by atoms with E-state index >= 15 is 0 Å². The Morgan fingerprint density at radius 3 is 1.45 bits per heavy atom. The van der Waals surface area contributed by atoms with Crippen LogP contribution in [0, 0.1) is 0 Å². The second-order valence-corrected chi connectivity index (χ2v) is 8.58. The summed E-state index contributed by atoms with van der Waals surface area (Å²) in [6.45, 7) is 9.44. The molecule has 1 rings (SSSR count). The van der Waals surface area contributed by atoms with Crippen LogP contribution in [0.2, 0.25) is 0 Å². The third-order valence-electron chi connectivity index (χ3n) is 2.04. The Hall–Kier alpha value is 1.13. The Morgan fingerprint density at radius 1 is 0.774 bits per heavy atom. The summed E-state index contributed by atoms with van der Waals surface area (Å²) in [6.07, 6.45) is 3.73. The van der Waals surface area contributed by atoms with Crippen molar-refractivity contribution in [2.75, 3.05) is 19.0 Å². The van der Waals surface area contributed by atoms with E-state index in [1.54, 1.807) is 18.2 Å². The van der Waals surface area contributed by atoms with Crippen LogP contribution in [0.15, 0.2) is 73.2 Å². The maximum absolute atomic E-state index is 11.3. The van der Waals surface area contributed by atoms with Gasteiger partial charge in [-0.3, -0.25) is 13.3 Å². The first-order chi connectivity index (χ1) is 12.8. The fourth-order valence-corrected chi connectivity index (χ4v) is 2.54. The van der Waals surface area contributed by atoms with E-state index in [0.717, 1.165) is 6.08 Å². The first-order valence-electron chi connectivity index (χ1n) is 7.13. The molecule has 0 amide bonds. The third-order valence-corrected chi connectivity index (χ3v) is 4.42. The third kappa shape index (κ3) is 31.1. The van der Waals surface area contributed by atoms with Crippen molar-refractivity contribution in [3.63, 3.8) is 0 Å². The van der Waals surface area contributed by atoms with Crippen molar-refractivity contribution in [1.29, 1.82) is 0 Å². The second kappa shape index (κ2) is 22.9. The molecule has 0 saturated heterocycles. The van der Waals surface area contributed by atoms with E-state index in [4.69, 9.17) is 9.11 Å². The zero-order valence-electron chi connectivity index (χ0n) is 20.7. The molecule has 16 heteroatoms. The maximum atomic E-state index is 11.3. The Balaban J connectivity index is -0.0000000481. The molecule has 0 heterocycles. The Bertz CT molecular complexity index is 931. The van der Waals surface area contributed by atoms with Crippen LogP contribution >= 0.6 is 0 Å². The normalized spacial score (nSPS) is 10.0. The predicted molar refractivity (Wildman–Crippen MR) is 107 cm³/mol. The van der Waals surface area contributed by atoms with E-state index in [1.807, 2.05) is 0 Å². The van der Waals surface area contributed by atoms with Crippen molar-refractivity contribution in [2.24, 2.45) is 0 Å². The second-order valence-electron chi connectivity index (χ2n) is 4.38. The molecule has 10 nitrogen and oxygen atoms in total. The Morgan fingerprint density at radius 2 is 1.19 bits per heavy atom.